The average molecular weight is 376 g/mol. The van der Waals surface area contributed by atoms with E-state index < -0.39 is 0 Å². The fourth-order valence-corrected chi connectivity index (χ4v) is 3.92. The third-order valence-corrected chi connectivity index (χ3v) is 5.67. The lowest BCUT2D eigenvalue weighted by Gasteiger charge is -2.06. The molecule has 1 aromatic carbocycles. The van der Waals surface area contributed by atoms with E-state index in [1.807, 2.05) is 43.3 Å². The van der Waals surface area contributed by atoms with Crippen LogP contribution in [-0.4, -0.2) is 21.1 Å². The molecule has 6 nitrogen and oxygen atoms in total. The van der Waals surface area contributed by atoms with Crippen LogP contribution in [0.1, 0.15) is 40.0 Å². The number of hydrogen-bond acceptors (Lipinski definition) is 6. The number of hydrogen-bond donors (Lipinski definition) is 1. The summed E-state index contributed by atoms with van der Waals surface area (Å²) in [4.78, 5) is 18.9. The Labute approximate surface area is 159 Å². The Balaban J connectivity index is 1.43. The molecule has 0 saturated heterocycles. The molecular formula is C20H16N4O2S. The number of nitrogens with zero attached hydrogens (tertiary/aromatic N) is 3. The van der Waals surface area contributed by atoms with Gasteiger partial charge in [0, 0.05) is 22.4 Å². The summed E-state index contributed by atoms with van der Waals surface area (Å²) >= 11 is 1.52. The molecule has 0 spiro atoms. The van der Waals surface area contributed by atoms with E-state index >= 15 is 0 Å². The van der Waals surface area contributed by atoms with Gasteiger partial charge in [-0.2, -0.15) is 0 Å². The number of aromatic nitrogens is 3. The van der Waals surface area contributed by atoms with E-state index in [2.05, 4.69) is 20.5 Å². The molecule has 1 saturated carbocycles. The van der Waals surface area contributed by atoms with Crippen molar-refractivity contribution in [3.05, 3.63) is 59.1 Å². The first-order valence-corrected chi connectivity index (χ1v) is 9.60. The second kappa shape index (κ2) is 6.28. The van der Waals surface area contributed by atoms with Gasteiger partial charge >= 0.3 is 0 Å². The molecule has 134 valence electrons. The number of pyridine rings is 1. The molecule has 1 aliphatic carbocycles. The number of anilines is 1. The first-order chi connectivity index (χ1) is 13.2. The minimum Gasteiger partial charge on any atom is -0.420 e. The molecule has 1 amide bonds. The van der Waals surface area contributed by atoms with Crippen LogP contribution in [0.15, 0.2) is 47.0 Å². The van der Waals surface area contributed by atoms with Crippen molar-refractivity contribution in [1.29, 1.82) is 0 Å². The van der Waals surface area contributed by atoms with E-state index in [0.29, 0.717) is 23.4 Å². The number of fused-ring (bicyclic) bond motifs is 1. The van der Waals surface area contributed by atoms with E-state index in [4.69, 9.17) is 4.42 Å². The van der Waals surface area contributed by atoms with E-state index in [9.17, 15) is 4.79 Å². The second-order valence-corrected chi connectivity index (χ2v) is 7.89. The summed E-state index contributed by atoms with van der Waals surface area (Å²) < 4.78 is 5.77. The highest BCUT2D eigenvalue weighted by Gasteiger charge is 2.30. The van der Waals surface area contributed by atoms with Gasteiger partial charge in [-0.25, -0.2) is 0 Å². The highest BCUT2D eigenvalue weighted by molar-refractivity contribution is 7.15. The number of carbonyl (C=O) groups excluding carboxylic acids is 1. The number of thiophene rings is 1. The average Bonchev–Trinajstić information content (AvgIpc) is 3.31. The van der Waals surface area contributed by atoms with E-state index in [1.165, 1.54) is 11.3 Å². The molecule has 5 rings (SSSR count). The van der Waals surface area contributed by atoms with Crippen LogP contribution in [0.4, 0.5) is 5.69 Å². The maximum atomic E-state index is 12.8. The quantitative estimate of drug-likeness (QED) is 0.554. The van der Waals surface area contributed by atoms with Crippen molar-refractivity contribution in [3.63, 3.8) is 0 Å². The molecule has 0 aliphatic heterocycles. The molecule has 1 N–H and O–H groups in total. The number of carbonyl (C=O) groups is 1. The molecule has 0 bridgehead atoms. The summed E-state index contributed by atoms with van der Waals surface area (Å²) in [5.41, 5.74) is 1.15. The van der Waals surface area contributed by atoms with E-state index in [-0.39, 0.29) is 5.91 Å². The van der Waals surface area contributed by atoms with E-state index in [1.54, 1.807) is 6.20 Å². The molecular weight excluding hydrogens is 360 g/mol. The second-order valence-electron chi connectivity index (χ2n) is 6.64. The maximum Gasteiger partial charge on any atom is 0.274 e. The van der Waals surface area contributed by atoms with Crippen molar-refractivity contribution in [2.24, 2.45) is 0 Å². The zero-order chi connectivity index (χ0) is 18.4. The topological polar surface area (TPSA) is 80.9 Å². The molecule has 0 unspecified atom stereocenters. The SMILES string of the molecule is Cc1sc(-c2nnc(C3CC3)o2)cc1NC(=O)c1nccc2ccccc12. The van der Waals surface area contributed by atoms with Crippen LogP contribution in [-0.2, 0) is 0 Å². The number of amides is 1. The van der Waals surface area contributed by atoms with Gasteiger partial charge in [0.05, 0.1) is 10.6 Å². The minimum absolute atomic E-state index is 0.233. The van der Waals surface area contributed by atoms with Crippen LogP contribution in [0, 0.1) is 6.92 Å². The molecule has 1 aliphatic rings. The van der Waals surface area contributed by atoms with Gasteiger partial charge in [-0.3, -0.25) is 9.78 Å². The Morgan fingerprint density at radius 3 is 2.93 bits per heavy atom. The fourth-order valence-electron chi connectivity index (χ4n) is 3.02. The Kier molecular flexibility index (Phi) is 3.75. The third kappa shape index (κ3) is 3.00. The van der Waals surface area contributed by atoms with Crippen LogP contribution in [0.2, 0.25) is 0 Å². The maximum absolute atomic E-state index is 12.8. The summed E-state index contributed by atoms with van der Waals surface area (Å²) in [6.45, 7) is 1.96. The monoisotopic (exact) mass is 376 g/mol. The molecule has 1 fully saturated rings. The normalized spacial score (nSPS) is 13.8. The Morgan fingerprint density at radius 1 is 1.22 bits per heavy atom. The molecule has 7 heteroatoms. The first-order valence-electron chi connectivity index (χ1n) is 8.78. The van der Waals surface area contributed by atoms with Gasteiger partial charge in [0.2, 0.25) is 5.89 Å². The van der Waals surface area contributed by atoms with E-state index in [0.717, 1.165) is 39.1 Å². The summed E-state index contributed by atoms with van der Waals surface area (Å²) in [6.07, 6.45) is 3.88. The highest BCUT2D eigenvalue weighted by Crippen LogP contribution is 2.41. The largest absolute Gasteiger partial charge is 0.420 e. The molecule has 3 aromatic heterocycles. The standard InChI is InChI=1S/C20H16N4O2S/c1-11-15(10-16(27-11)20-24-23-19(26-20)13-6-7-13)22-18(25)17-14-5-3-2-4-12(14)8-9-21-17/h2-5,8-10,13H,6-7H2,1H3,(H,22,25). The molecule has 27 heavy (non-hydrogen) atoms. The summed E-state index contributed by atoms with van der Waals surface area (Å²) in [7, 11) is 0. The van der Waals surface area contributed by atoms with Crippen molar-refractivity contribution >= 4 is 33.7 Å². The summed E-state index contributed by atoms with van der Waals surface area (Å²) in [6, 6.07) is 11.5. The minimum atomic E-state index is -0.233. The van der Waals surface area contributed by atoms with Crippen molar-refractivity contribution in [1.82, 2.24) is 15.2 Å². The Bertz CT molecular complexity index is 1150. The molecule has 0 atom stereocenters. The smallest absolute Gasteiger partial charge is 0.274 e. The zero-order valence-corrected chi connectivity index (χ0v) is 15.4. The molecule has 0 radical (unpaired) electrons. The van der Waals surface area contributed by atoms with Crippen molar-refractivity contribution in [2.45, 2.75) is 25.7 Å². The van der Waals surface area contributed by atoms with Gasteiger partial charge < -0.3 is 9.73 Å². The Morgan fingerprint density at radius 2 is 2.07 bits per heavy atom. The van der Waals surface area contributed by atoms with Crippen LogP contribution < -0.4 is 5.32 Å². The number of aryl methyl sites for hydroxylation is 1. The lowest BCUT2D eigenvalue weighted by Crippen LogP contribution is -2.14. The van der Waals surface area contributed by atoms with Gasteiger partial charge in [0.25, 0.3) is 11.8 Å². The highest BCUT2D eigenvalue weighted by atomic mass is 32.1. The summed E-state index contributed by atoms with van der Waals surface area (Å²) in [5, 5.41) is 13.1. The molecule has 3 heterocycles. The van der Waals surface area contributed by atoms with Gasteiger partial charge in [-0.15, -0.1) is 21.5 Å². The van der Waals surface area contributed by atoms with Crippen LogP contribution >= 0.6 is 11.3 Å². The predicted octanol–water partition coefficient (Wildman–Crippen LogP) is 4.78. The fraction of sp³-hybridized carbons (Fsp3) is 0.200. The zero-order valence-electron chi connectivity index (χ0n) is 14.6. The van der Waals surface area contributed by atoms with Gasteiger partial charge in [0.1, 0.15) is 5.69 Å². The first kappa shape index (κ1) is 16.1. The van der Waals surface area contributed by atoms with Gasteiger partial charge in [-0.05, 0) is 37.3 Å². The number of benzene rings is 1. The van der Waals surface area contributed by atoms with Gasteiger partial charge in [-0.1, -0.05) is 24.3 Å². The predicted molar refractivity (Wildman–Crippen MR) is 104 cm³/mol. The molecule has 4 aromatic rings. The van der Waals surface area contributed by atoms with Gasteiger partial charge in [0.15, 0.2) is 0 Å². The lowest BCUT2D eigenvalue weighted by atomic mass is 10.1. The van der Waals surface area contributed by atoms with Crippen LogP contribution in [0.3, 0.4) is 0 Å². The van der Waals surface area contributed by atoms with Crippen LogP contribution in [0.25, 0.3) is 21.5 Å². The van der Waals surface area contributed by atoms with Crippen molar-refractivity contribution in [2.75, 3.05) is 5.32 Å². The lowest BCUT2D eigenvalue weighted by molar-refractivity contribution is 0.102. The van der Waals surface area contributed by atoms with Crippen molar-refractivity contribution < 1.29 is 9.21 Å². The summed E-state index contributed by atoms with van der Waals surface area (Å²) in [5.74, 6) is 1.41. The van der Waals surface area contributed by atoms with Crippen molar-refractivity contribution in [3.8, 4) is 10.8 Å². The Hall–Kier alpha value is -3.06. The third-order valence-electron chi connectivity index (χ3n) is 4.63. The number of nitrogens with one attached hydrogen (secondary N) is 1. The van der Waals surface area contributed by atoms with Crippen LogP contribution in [0.5, 0.6) is 0 Å². The number of rotatable bonds is 4.